The van der Waals surface area contributed by atoms with Gasteiger partial charge in [0, 0.05) is 6.20 Å². The van der Waals surface area contributed by atoms with E-state index in [2.05, 4.69) is 4.98 Å². The van der Waals surface area contributed by atoms with Gasteiger partial charge in [-0.25, -0.2) is 13.1 Å². The molecule has 1 heterocycles. The van der Waals surface area contributed by atoms with Crippen molar-refractivity contribution < 1.29 is 13.2 Å². The van der Waals surface area contributed by atoms with Gasteiger partial charge in [-0.15, -0.1) is 0 Å². The van der Waals surface area contributed by atoms with Crippen LogP contribution in [0.5, 0.6) is 0 Å². The second-order valence-electron chi connectivity index (χ2n) is 3.46. The molecule has 1 aromatic heterocycles. The first kappa shape index (κ1) is 12.3. The number of hydrogen-bond acceptors (Lipinski definition) is 4. The molecule has 0 spiro atoms. The second kappa shape index (κ2) is 4.97. The number of pyridine rings is 1. The third-order valence-corrected chi connectivity index (χ3v) is 3.52. The van der Waals surface area contributed by atoms with Crippen LogP contribution in [-0.2, 0) is 10.0 Å². The number of hydrogen-bond donors (Lipinski definition) is 1. The summed E-state index contributed by atoms with van der Waals surface area (Å²) in [5.41, 5.74) is 0.0528. The zero-order valence-electron chi connectivity index (χ0n) is 9.28. The zero-order chi connectivity index (χ0) is 13.0. The lowest BCUT2D eigenvalue weighted by atomic mass is 10.3. The molecule has 2 aromatic rings. The Balaban J connectivity index is 2.23. The van der Waals surface area contributed by atoms with E-state index in [0.717, 1.165) is 0 Å². The minimum Gasteiger partial charge on any atom is -0.266 e. The van der Waals surface area contributed by atoms with E-state index in [9.17, 15) is 13.2 Å². The number of benzene rings is 1. The number of rotatable bonds is 3. The van der Waals surface area contributed by atoms with Crippen molar-refractivity contribution in [2.24, 2.45) is 0 Å². The molecule has 0 radical (unpaired) electrons. The number of carbonyl (C=O) groups is 1. The molecular formula is C12H10N2O3S. The van der Waals surface area contributed by atoms with Crippen molar-refractivity contribution in [1.29, 1.82) is 0 Å². The van der Waals surface area contributed by atoms with Gasteiger partial charge in [0.2, 0.25) is 0 Å². The standard InChI is InChI=1S/C12H10N2O3S/c15-12(11-8-4-5-9-13-11)14-18(16,17)10-6-2-1-3-7-10/h1-9H,(H,14,15). The summed E-state index contributed by atoms with van der Waals surface area (Å²) in [6, 6.07) is 12.4. The van der Waals surface area contributed by atoms with E-state index >= 15 is 0 Å². The van der Waals surface area contributed by atoms with Gasteiger partial charge >= 0.3 is 0 Å². The number of nitrogens with zero attached hydrogens (tertiary/aromatic N) is 1. The average molecular weight is 262 g/mol. The van der Waals surface area contributed by atoms with Crippen LogP contribution >= 0.6 is 0 Å². The Bertz CT molecular complexity index is 640. The van der Waals surface area contributed by atoms with Gasteiger partial charge in [-0.2, -0.15) is 0 Å². The number of carbonyl (C=O) groups excluding carboxylic acids is 1. The highest BCUT2D eigenvalue weighted by Gasteiger charge is 2.18. The Morgan fingerprint density at radius 2 is 1.67 bits per heavy atom. The molecule has 92 valence electrons. The van der Waals surface area contributed by atoms with Gasteiger partial charge in [0.25, 0.3) is 15.9 Å². The predicted octanol–water partition coefficient (Wildman–Crippen LogP) is 1.20. The van der Waals surface area contributed by atoms with Crippen LogP contribution in [0.15, 0.2) is 59.6 Å². The first-order chi connectivity index (χ1) is 8.59. The van der Waals surface area contributed by atoms with Gasteiger partial charge in [-0.05, 0) is 24.3 Å². The first-order valence-electron chi connectivity index (χ1n) is 5.13. The molecule has 6 heteroatoms. The molecule has 0 aliphatic rings. The molecule has 0 aliphatic carbocycles. The molecule has 0 atom stereocenters. The van der Waals surface area contributed by atoms with E-state index in [1.807, 2.05) is 4.72 Å². The van der Waals surface area contributed by atoms with Gasteiger partial charge in [-0.3, -0.25) is 9.78 Å². The molecule has 1 aromatic carbocycles. The first-order valence-corrected chi connectivity index (χ1v) is 6.61. The fourth-order valence-electron chi connectivity index (χ4n) is 1.33. The van der Waals surface area contributed by atoms with Crippen molar-refractivity contribution >= 4 is 15.9 Å². The second-order valence-corrected chi connectivity index (χ2v) is 5.15. The molecule has 1 amide bonds. The van der Waals surface area contributed by atoms with Gasteiger partial charge in [0.05, 0.1) is 4.90 Å². The lowest BCUT2D eigenvalue weighted by molar-refractivity contribution is 0.0976. The summed E-state index contributed by atoms with van der Waals surface area (Å²) in [5.74, 6) is -0.751. The van der Waals surface area contributed by atoms with Crippen molar-refractivity contribution in [3.05, 3.63) is 60.4 Å². The largest absolute Gasteiger partial charge is 0.283 e. The lowest BCUT2D eigenvalue weighted by Crippen LogP contribution is -2.31. The van der Waals surface area contributed by atoms with Crippen molar-refractivity contribution in [3.63, 3.8) is 0 Å². The topological polar surface area (TPSA) is 76.1 Å². The van der Waals surface area contributed by atoms with Crippen LogP contribution in [0.4, 0.5) is 0 Å². The summed E-state index contributed by atoms with van der Waals surface area (Å²) < 4.78 is 25.7. The van der Waals surface area contributed by atoms with E-state index in [-0.39, 0.29) is 10.6 Å². The fourth-order valence-corrected chi connectivity index (χ4v) is 2.31. The van der Waals surface area contributed by atoms with Crippen molar-refractivity contribution in [2.75, 3.05) is 0 Å². The third-order valence-electron chi connectivity index (χ3n) is 2.18. The highest BCUT2D eigenvalue weighted by molar-refractivity contribution is 7.90. The van der Waals surface area contributed by atoms with Gasteiger partial charge < -0.3 is 0 Å². The van der Waals surface area contributed by atoms with Crippen molar-refractivity contribution in [1.82, 2.24) is 9.71 Å². The summed E-state index contributed by atoms with van der Waals surface area (Å²) in [5, 5.41) is 0. The highest BCUT2D eigenvalue weighted by atomic mass is 32.2. The predicted molar refractivity (Wildman–Crippen MR) is 65.3 cm³/mol. The maximum atomic E-state index is 11.9. The molecule has 5 nitrogen and oxygen atoms in total. The Morgan fingerprint density at radius 1 is 1.00 bits per heavy atom. The quantitative estimate of drug-likeness (QED) is 0.901. The average Bonchev–Trinajstić information content (AvgIpc) is 2.40. The monoisotopic (exact) mass is 262 g/mol. The number of nitrogens with one attached hydrogen (secondary N) is 1. The summed E-state index contributed by atoms with van der Waals surface area (Å²) >= 11 is 0. The molecule has 18 heavy (non-hydrogen) atoms. The Labute approximate surface area is 105 Å². The van der Waals surface area contributed by atoms with Crippen LogP contribution in [-0.4, -0.2) is 19.3 Å². The normalized spacial score (nSPS) is 10.9. The molecule has 0 fully saturated rings. The van der Waals surface area contributed by atoms with Crippen LogP contribution in [0.1, 0.15) is 10.5 Å². The maximum Gasteiger partial charge on any atom is 0.283 e. The van der Waals surface area contributed by atoms with E-state index in [1.54, 1.807) is 30.3 Å². The minimum absolute atomic E-state index is 0.0364. The SMILES string of the molecule is O=C(NS(=O)(=O)c1ccccc1)c1ccccn1. The highest BCUT2D eigenvalue weighted by Crippen LogP contribution is 2.07. The van der Waals surface area contributed by atoms with Crippen molar-refractivity contribution in [3.8, 4) is 0 Å². The van der Waals surface area contributed by atoms with E-state index in [4.69, 9.17) is 0 Å². The zero-order valence-corrected chi connectivity index (χ0v) is 10.1. The fraction of sp³-hybridized carbons (Fsp3) is 0. The number of sulfonamides is 1. The summed E-state index contributed by atoms with van der Waals surface area (Å²) in [4.78, 5) is 15.5. The molecule has 0 aliphatic heterocycles. The van der Waals surface area contributed by atoms with Crippen LogP contribution in [0.2, 0.25) is 0 Å². The minimum atomic E-state index is -3.85. The van der Waals surface area contributed by atoms with E-state index in [1.165, 1.54) is 24.4 Å². The van der Waals surface area contributed by atoms with Gasteiger partial charge in [-0.1, -0.05) is 24.3 Å². The Kier molecular flexibility index (Phi) is 3.38. The van der Waals surface area contributed by atoms with Gasteiger partial charge in [0.15, 0.2) is 0 Å². The lowest BCUT2D eigenvalue weighted by Gasteiger charge is -2.05. The van der Waals surface area contributed by atoms with E-state index in [0.29, 0.717) is 0 Å². The molecule has 0 bridgehead atoms. The van der Waals surface area contributed by atoms with Crippen LogP contribution in [0.3, 0.4) is 0 Å². The maximum absolute atomic E-state index is 11.9. The summed E-state index contributed by atoms with van der Waals surface area (Å²) in [6.45, 7) is 0. The molecule has 0 saturated heterocycles. The summed E-state index contributed by atoms with van der Waals surface area (Å²) in [6.07, 6.45) is 1.42. The Morgan fingerprint density at radius 3 is 2.28 bits per heavy atom. The molecule has 0 unspecified atom stereocenters. The Hall–Kier alpha value is -2.21. The van der Waals surface area contributed by atoms with Crippen LogP contribution in [0.25, 0.3) is 0 Å². The molecular weight excluding hydrogens is 252 g/mol. The molecule has 1 N–H and O–H groups in total. The molecule has 2 rings (SSSR count). The smallest absolute Gasteiger partial charge is 0.266 e. The number of aromatic nitrogens is 1. The number of amides is 1. The van der Waals surface area contributed by atoms with Gasteiger partial charge in [0.1, 0.15) is 5.69 Å². The third kappa shape index (κ3) is 2.72. The van der Waals surface area contributed by atoms with Crippen LogP contribution < -0.4 is 4.72 Å². The van der Waals surface area contributed by atoms with E-state index < -0.39 is 15.9 Å². The summed E-state index contributed by atoms with van der Waals surface area (Å²) in [7, 11) is -3.85. The molecule has 0 saturated carbocycles. The van der Waals surface area contributed by atoms with Crippen LogP contribution in [0, 0.1) is 0 Å². The van der Waals surface area contributed by atoms with Crippen molar-refractivity contribution in [2.45, 2.75) is 4.90 Å².